The Bertz CT molecular complexity index is 1230. The first-order valence-corrected chi connectivity index (χ1v) is 11.2. The fourth-order valence-corrected chi connectivity index (χ4v) is 3.49. The predicted molar refractivity (Wildman–Crippen MR) is 129 cm³/mol. The van der Waals surface area contributed by atoms with Crippen LogP contribution in [0.15, 0.2) is 48.8 Å². The Balaban J connectivity index is 0.000000479. The van der Waals surface area contributed by atoms with E-state index < -0.39 is 17.5 Å². The minimum Gasteiger partial charge on any atom is -0.473 e. The molecule has 1 fully saturated rings. The monoisotopic (exact) mass is 537 g/mol. The molecule has 11 nitrogen and oxygen atoms in total. The summed E-state index contributed by atoms with van der Waals surface area (Å²) >= 11 is 4.75. The van der Waals surface area contributed by atoms with Crippen molar-refractivity contribution >= 4 is 41.0 Å². The molecular formula is C23H22ClF2N5O6. The first kappa shape index (κ1) is 27.3. The number of amides is 1. The number of esters is 1. The average molecular weight is 538 g/mol. The van der Waals surface area contributed by atoms with E-state index in [9.17, 15) is 23.2 Å². The number of carbonyl (C=O) groups excluding carboxylic acids is 2. The van der Waals surface area contributed by atoms with Crippen molar-refractivity contribution in [1.29, 1.82) is 0 Å². The molecule has 1 aliphatic rings. The number of hydrogen-bond donors (Lipinski definition) is 3. The van der Waals surface area contributed by atoms with Gasteiger partial charge < -0.3 is 24.8 Å². The van der Waals surface area contributed by atoms with Gasteiger partial charge in [0.15, 0.2) is 0 Å². The van der Waals surface area contributed by atoms with Gasteiger partial charge in [0.25, 0.3) is 5.91 Å². The Morgan fingerprint density at radius 1 is 1.16 bits per heavy atom. The normalized spacial score (nSPS) is 12.8. The lowest BCUT2D eigenvalue weighted by molar-refractivity contribution is -0.161. The van der Waals surface area contributed by atoms with Crippen LogP contribution >= 0.6 is 11.6 Å². The van der Waals surface area contributed by atoms with Gasteiger partial charge in [0.2, 0.25) is 0 Å². The summed E-state index contributed by atoms with van der Waals surface area (Å²) in [6, 6.07) is 9.04. The molecule has 3 N–H and O–H groups in total. The number of H-pyrrole nitrogens is 1. The number of carbonyl (C=O) groups is 3. The van der Waals surface area contributed by atoms with Gasteiger partial charge in [-0.1, -0.05) is 0 Å². The van der Waals surface area contributed by atoms with E-state index in [2.05, 4.69) is 34.9 Å². The van der Waals surface area contributed by atoms with Crippen molar-refractivity contribution in [3.63, 3.8) is 0 Å². The second kappa shape index (κ2) is 12.1. The summed E-state index contributed by atoms with van der Waals surface area (Å²) in [6.45, 7) is 1.82. The molecule has 0 saturated carbocycles. The van der Waals surface area contributed by atoms with E-state index >= 15 is 0 Å². The molecule has 2 aromatic heterocycles. The van der Waals surface area contributed by atoms with E-state index in [0.717, 1.165) is 50.1 Å². The summed E-state index contributed by atoms with van der Waals surface area (Å²) in [5.41, 5.74) is -1.47. The highest BCUT2D eigenvalue weighted by Crippen LogP contribution is 2.31. The molecular weight excluding hydrogens is 516 g/mol. The third kappa shape index (κ3) is 7.87. The highest BCUT2D eigenvalue weighted by Gasteiger charge is 2.27. The molecule has 1 saturated heterocycles. The number of alkyl halides is 3. The average Bonchev–Trinajstić information content (AvgIpc) is 3.58. The number of aromatic nitrogens is 3. The molecule has 0 bridgehead atoms. The minimum absolute atomic E-state index is 0.119. The SMILES string of the molecule is COC(=O)C(=O)O.O=C(Nc1ccc(OC(F)(F)Cl)cc1)c1cnc(N2CCCC2)c(-c2ccn[nH]2)c1. The lowest BCUT2D eigenvalue weighted by Gasteiger charge is -2.20. The van der Waals surface area contributed by atoms with Crippen molar-refractivity contribution in [3.8, 4) is 17.0 Å². The van der Waals surface area contributed by atoms with Crippen LogP contribution < -0.4 is 15.0 Å². The van der Waals surface area contributed by atoms with Crippen LogP contribution in [0.1, 0.15) is 23.2 Å². The minimum atomic E-state index is -3.80. The summed E-state index contributed by atoms with van der Waals surface area (Å²) in [7, 11) is 1.01. The maximum absolute atomic E-state index is 12.7. The number of ether oxygens (including phenoxy) is 2. The van der Waals surface area contributed by atoms with Crippen LogP contribution in [0.2, 0.25) is 0 Å². The second-order valence-electron chi connectivity index (χ2n) is 7.58. The molecule has 0 spiro atoms. The molecule has 37 heavy (non-hydrogen) atoms. The van der Waals surface area contributed by atoms with Gasteiger partial charge in [0, 0.05) is 48.3 Å². The maximum atomic E-state index is 12.7. The Kier molecular flexibility index (Phi) is 8.95. The van der Waals surface area contributed by atoms with E-state index in [-0.39, 0.29) is 11.7 Å². The van der Waals surface area contributed by atoms with Gasteiger partial charge >= 0.3 is 17.5 Å². The Hall–Kier alpha value is -4.26. The lowest BCUT2D eigenvalue weighted by Crippen LogP contribution is -2.21. The van der Waals surface area contributed by atoms with Gasteiger partial charge in [0.05, 0.1) is 18.4 Å². The number of nitrogens with zero attached hydrogens (tertiary/aromatic N) is 3. The molecule has 0 radical (unpaired) electrons. The van der Waals surface area contributed by atoms with E-state index in [1.54, 1.807) is 12.3 Å². The van der Waals surface area contributed by atoms with E-state index in [4.69, 9.17) is 16.7 Å². The van der Waals surface area contributed by atoms with Crippen LogP contribution in [0.4, 0.5) is 20.3 Å². The number of hydrogen-bond acceptors (Lipinski definition) is 8. The molecule has 1 aromatic carbocycles. The standard InChI is InChI=1S/C20H18ClF2N5O2.C3H4O4/c21-20(22,23)30-15-5-3-14(4-6-15)26-19(29)13-11-16(17-7-8-25-27-17)18(24-12-13)28-9-1-2-10-28;1-7-3(6)2(4)5/h3-8,11-12H,1-2,9-10H2,(H,25,27)(H,26,29);1H3,(H,4,5). The van der Waals surface area contributed by atoms with Gasteiger partial charge in [0.1, 0.15) is 11.6 Å². The Morgan fingerprint density at radius 2 is 1.84 bits per heavy atom. The third-order valence-electron chi connectivity index (χ3n) is 5.03. The van der Waals surface area contributed by atoms with Crippen molar-refractivity contribution in [3.05, 3.63) is 54.4 Å². The fraction of sp³-hybridized carbons (Fsp3) is 0.261. The zero-order valence-corrected chi connectivity index (χ0v) is 20.2. The van der Waals surface area contributed by atoms with Gasteiger partial charge in [-0.3, -0.25) is 9.89 Å². The number of carboxylic acid groups (broad SMARTS) is 1. The summed E-state index contributed by atoms with van der Waals surface area (Å²) in [5.74, 6) is -2.50. The molecule has 0 aliphatic carbocycles. The van der Waals surface area contributed by atoms with Crippen LogP contribution in [0.25, 0.3) is 11.3 Å². The number of aliphatic carboxylic acids is 1. The number of aromatic amines is 1. The summed E-state index contributed by atoms with van der Waals surface area (Å²) < 4.78 is 33.4. The van der Waals surface area contributed by atoms with Crippen LogP contribution in [0, 0.1) is 0 Å². The van der Waals surface area contributed by atoms with Crippen molar-refractivity contribution in [1.82, 2.24) is 15.2 Å². The summed E-state index contributed by atoms with van der Waals surface area (Å²) in [5, 5.41) is 17.3. The topological polar surface area (TPSA) is 147 Å². The van der Waals surface area contributed by atoms with Crippen LogP contribution in [-0.2, 0) is 14.3 Å². The van der Waals surface area contributed by atoms with Crippen LogP contribution in [0.3, 0.4) is 0 Å². The lowest BCUT2D eigenvalue weighted by atomic mass is 10.1. The van der Waals surface area contributed by atoms with Crippen molar-refractivity contribution in [2.45, 2.75) is 18.4 Å². The molecule has 3 heterocycles. The maximum Gasteiger partial charge on any atom is 0.487 e. The van der Waals surface area contributed by atoms with Crippen molar-refractivity contribution in [2.24, 2.45) is 0 Å². The van der Waals surface area contributed by atoms with Gasteiger partial charge in [-0.15, -0.1) is 8.78 Å². The number of pyridine rings is 1. The van der Waals surface area contributed by atoms with E-state index in [0.29, 0.717) is 11.3 Å². The quantitative estimate of drug-likeness (QED) is 0.243. The number of halogens is 3. The summed E-state index contributed by atoms with van der Waals surface area (Å²) in [6.07, 6.45) is 5.36. The first-order valence-electron chi connectivity index (χ1n) is 10.8. The zero-order valence-electron chi connectivity index (χ0n) is 19.4. The first-order chi connectivity index (χ1) is 17.6. The van der Waals surface area contributed by atoms with Gasteiger partial charge in [-0.05, 0) is 49.2 Å². The molecule has 3 aromatic rings. The molecule has 14 heteroatoms. The van der Waals surface area contributed by atoms with Crippen LogP contribution in [0.5, 0.6) is 5.75 Å². The molecule has 1 amide bonds. The largest absolute Gasteiger partial charge is 0.487 e. The Labute approximate surface area is 214 Å². The predicted octanol–water partition coefficient (Wildman–Crippen LogP) is 3.74. The number of anilines is 2. The molecule has 0 unspecified atom stereocenters. The number of rotatable bonds is 6. The fourth-order valence-electron chi connectivity index (χ4n) is 3.40. The molecule has 1 aliphatic heterocycles. The second-order valence-corrected chi connectivity index (χ2v) is 8.02. The zero-order chi connectivity index (χ0) is 27.0. The number of benzene rings is 1. The third-order valence-corrected chi connectivity index (χ3v) is 5.11. The van der Waals surface area contributed by atoms with Crippen LogP contribution in [-0.4, -0.2) is 63.9 Å². The van der Waals surface area contributed by atoms with Crippen molar-refractivity contribution in [2.75, 3.05) is 30.4 Å². The highest BCUT2D eigenvalue weighted by atomic mass is 35.5. The number of carboxylic acids is 1. The number of methoxy groups -OCH3 is 1. The Morgan fingerprint density at radius 3 is 2.35 bits per heavy atom. The van der Waals surface area contributed by atoms with E-state index in [1.165, 1.54) is 30.5 Å². The highest BCUT2D eigenvalue weighted by molar-refractivity contribution is 6.28. The van der Waals surface area contributed by atoms with Gasteiger partial charge in [-0.2, -0.15) is 5.10 Å². The molecule has 4 rings (SSSR count). The van der Waals surface area contributed by atoms with E-state index in [1.807, 2.05) is 6.07 Å². The number of nitrogens with one attached hydrogen (secondary N) is 2. The summed E-state index contributed by atoms with van der Waals surface area (Å²) in [4.78, 5) is 38.6. The van der Waals surface area contributed by atoms with Gasteiger partial charge in [-0.25, -0.2) is 14.6 Å². The molecule has 196 valence electrons. The van der Waals surface area contributed by atoms with Crippen molar-refractivity contribution < 1.29 is 37.7 Å². The molecule has 0 atom stereocenters. The smallest absolute Gasteiger partial charge is 0.473 e.